The molecule has 0 spiro atoms. The Kier molecular flexibility index (Phi) is 5.15. The highest BCUT2D eigenvalue weighted by atomic mass is 35.5. The van der Waals surface area contributed by atoms with Gasteiger partial charge in [0.15, 0.2) is 0 Å². The molecule has 20 heavy (non-hydrogen) atoms. The molecular formula is C14H17ClN4O. The number of carbonyl (C=O) groups is 1. The maximum absolute atomic E-state index is 12.1. The molecule has 0 aliphatic carbocycles. The minimum absolute atomic E-state index is 0.148. The lowest BCUT2D eigenvalue weighted by atomic mass is 10.1. The van der Waals surface area contributed by atoms with Gasteiger partial charge in [0.1, 0.15) is 0 Å². The van der Waals surface area contributed by atoms with Crippen molar-refractivity contribution in [2.45, 2.75) is 6.42 Å². The van der Waals surface area contributed by atoms with Crippen LogP contribution in [0.15, 0.2) is 30.5 Å². The van der Waals surface area contributed by atoms with Crippen LogP contribution >= 0.6 is 11.6 Å². The normalized spacial score (nSPS) is 10.5. The molecule has 0 bridgehead atoms. The van der Waals surface area contributed by atoms with Crippen LogP contribution in [0.1, 0.15) is 16.8 Å². The lowest BCUT2D eigenvalue weighted by Gasteiger charge is -2.06. The van der Waals surface area contributed by atoms with Crippen molar-refractivity contribution in [2.24, 2.45) is 0 Å². The third kappa shape index (κ3) is 3.37. The second kappa shape index (κ2) is 7.07. The van der Waals surface area contributed by atoms with Gasteiger partial charge in [-0.15, -0.1) is 0 Å². The van der Waals surface area contributed by atoms with E-state index in [4.69, 9.17) is 11.6 Å². The molecule has 1 heterocycles. The Labute approximate surface area is 122 Å². The van der Waals surface area contributed by atoms with E-state index in [9.17, 15) is 4.79 Å². The number of nitrogens with one attached hydrogen (secondary N) is 3. The molecule has 0 atom stereocenters. The van der Waals surface area contributed by atoms with E-state index < -0.39 is 0 Å². The topological polar surface area (TPSA) is 69.8 Å². The van der Waals surface area contributed by atoms with Gasteiger partial charge in [0, 0.05) is 17.1 Å². The molecule has 0 unspecified atom stereocenters. The van der Waals surface area contributed by atoms with Crippen LogP contribution in [0.25, 0.3) is 11.3 Å². The monoisotopic (exact) mass is 292 g/mol. The fourth-order valence-electron chi connectivity index (χ4n) is 1.89. The van der Waals surface area contributed by atoms with Gasteiger partial charge in [-0.3, -0.25) is 9.89 Å². The van der Waals surface area contributed by atoms with E-state index in [1.54, 1.807) is 6.07 Å². The summed E-state index contributed by atoms with van der Waals surface area (Å²) in [6.45, 7) is 1.48. The highest BCUT2D eigenvalue weighted by Crippen LogP contribution is 2.28. The highest BCUT2D eigenvalue weighted by Gasteiger charge is 2.16. The molecule has 0 saturated carbocycles. The standard InChI is InChI=1S/C14H17ClN4O/c1-16-7-4-8-17-14(20)11-9-18-19-13(11)10-5-2-3-6-12(10)15/h2-3,5-6,9,16H,4,7-8H2,1H3,(H,17,20)(H,18,19). The number of H-pyrrole nitrogens is 1. The van der Waals surface area contributed by atoms with E-state index in [0.717, 1.165) is 18.5 Å². The molecular weight excluding hydrogens is 276 g/mol. The third-order valence-electron chi connectivity index (χ3n) is 2.92. The van der Waals surface area contributed by atoms with Crippen molar-refractivity contribution in [1.82, 2.24) is 20.8 Å². The number of carbonyl (C=O) groups excluding carboxylic acids is 1. The first kappa shape index (κ1) is 14.6. The molecule has 0 saturated heterocycles. The molecule has 3 N–H and O–H groups in total. The van der Waals surface area contributed by atoms with Crippen molar-refractivity contribution in [1.29, 1.82) is 0 Å². The van der Waals surface area contributed by atoms with Crippen LogP contribution < -0.4 is 10.6 Å². The second-order valence-electron chi connectivity index (χ2n) is 4.35. The van der Waals surface area contributed by atoms with Crippen molar-refractivity contribution >= 4 is 17.5 Å². The smallest absolute Gasteiger partial charge is 0.255 e. The number of benzene rings is 1. The van der Waals surface area contributed by atoms with Gasteiger partial charge in [-0.25, -0.2) is 0 Å². The molecule has 106 valence electrons. The summed E-state index contributed by atoms with van der Waals surface area (Å²) in [5.41, 5.74) is 1.91. The Morgan fingerprint density at radius 2 is 2.15 bits per heavy atom. The van der Waals surface area contributed by atoms with Gasteiger partial charge in [-0.05, 0) is 26.1 Å². The van der Waals surface area contributed by atoms with Gasteiger partial charge in [0.05, 0.1) is 17.5 Å². The molecule has 0 radical (unpaired) electrons. The number of aromatic amines is 1. The van der Waals surface area contributed by atoms with Gasteiger partial charge in [0.25, 0.3) is 5.91 Å². The zero-order valence-electron chi connectivity index (χ0n) is 11.2. The maximum Gasteiger partial charge on any atom is 0.255 e. The summed E-state index contributed by atoms with van der Waals surface area (Å²) in [5.74, 6) is -0.148. The van der Waals surface area contributed by atoms with Crippen LogP contribution in [0, 0.1) is 0 Å². The first-order chi connectivity index (χ1) is 9.74. The molecule has 0 aliphatic heterocycles. The van der Waals surface area contributed by atoms with E-state index in [2.05, 4.69) is 20.8 Å². The summed E-state index contributed by atoms with van der Waals surface area (Å²) in [4.78, 5) is 12.1. The minimum atomic E-state index is -0.148. The Bertz CT molecular complexity index is 582. The number of aromatic nitrogens is 2. The minimum Gasteiger partial charge on any atom is -0.352 e. The number of nitrogens with zero attached hydrogens (tertiary/aromatic N) is 1. The van der Waals surface area contributed by atoms with Crippen LogP contribution in [-0.2, 0) is 0 Å². The number of halogens is 1. The Morgan fingerprint density at radius 1 is 1.35 bits per heavy atom. The molecule has 2 rings (SSSR count). The maximum atomic E-state index is 12.1. The second-order valence-corrected chi connectivity index (χ2v) is 4.76. The first-order valence-corrected chi connectivity index (χ1v) is 6.83. The van der Waals surface area contributed by atoms with Gasteiger partial charge in [0.2, 0.25) is 0 Å². The van der Waals surface area contributed by atoms with Gasteiger partial charge < -0.3 is 10.6 Å². The molecule has 5 nitrogen and oxygen atoms in total. The number of rotatable bonds is 6. The van der Waals surface area contributed by atoms with E-state index >= 15 is 0 Å². The predicted molar refractivity (Wildman–Crippen MR) is 79.9 cm³/mol. The first-order valence-electron chi connectivity index (χ1n) is 6.45. The van der Waals surface area contributed by atoms with Crippen molar-refractivity contribution < 1.29 is 4.79 Å². The van der Waals surface area contributed by atoms with Gasteiger partial charge in [-0.2, -0.15) is 5.10 Å². The van der Waals surface area contributed by atoms with Crippen LogP contribution in [0.5, 0.6) is 0 Å². The highest BCUT2D eigenvalue weighted by molar-refractivity contribution is 6.33. The van der Waals surface area contributed by atoms with Crippen molar-refractivity contribution in [2.75, 3.05) is 20.1 Å². The third-order valence-corrected chi connectivity index (χ3v) is 3.25. The van der Waals surface area contributed by atoms with Crippen LogP contribution in [0.3, 0.4) is 0 Å². The fraction of sp³-hybridized carbons (Fsp3) is 0.286. The summed E-state index contributed by atoms with van der Waals surface area (Å²) in [7, 11) is 1.88. The van der Waals surface area contributed by atoms with E-state index in [-0.39, 0.29) is 5.91 Å². The average molecular weight is 293 g/mol. The largest absolute Gasteiger partial charge is 0.352 e. The SMILES string of the molecule is CNCCCNC(=O)c1cn[nH]c1-c1ccccc1Cl. The molecule has 1 aromatic carbocycles. The summed E-state index contributed by atoms with van der Waals surface area (Å²) in [6, 6.07) is 7.36. The quantitative estimate of drug-likeness (QED) is 0.714. The summed E-state index contributed by atoms with van der Waals surface area (Å²) >= 11 is 6.15. The average Bonchev–Trinajstić information content (AvgIpc) is 2.93. The van der Waals surface area contributed by atoms with Gasteiger partial charge >= 0.3 is 0 Å². The lowest BCUT2D eigenvalue weighted by molar-refractivity contribution is 0.0954. The van der Waals surface area contributed by atoms with Crippen molar-refractivity contribution in [3.63, 3.8) is 0 Å². The molecule has 0 aliphatic rings. The fourth-order valence-corrected chi connectivity index (χ4v) is 2.12. The number of hydrogen-bond acceptors (Lipinski definition) is 3. The Morgan fingerprint density at radius 3 is 2.90 bits per heavy atom. The van der Waals surface area contributed by atoms with E-state index in [0.29, 0.717) is 22.8 Å². The summed E-state index contributed by atoms with van der Waals surface area (Å²) in [6.07, 6.45) is 2.40. The van der Waals surface area contributed by atoms with E-state index in [1.807, 2.05) is 25.2 Å². The molecule has 0 fully saturated rings. The zero-order valence-corrected chi connectivity index (χ0v) is 12.0. The van der Waals surface area contributed by atoms with Crippen LogP contribution in [0.4, 0.5) is 0 Å². The molecule has 1 amide bonds. The van der Waals surface area contributed by atoms with Crippen molar-refractivity contribution in [3.05, 3.63) is 41.0 Å². The van der Waals surface area contributed by atoms with Crippen LogP contribution in [0.2, 0.25) is 5.02 Å². The summed E-state index contributed by atoms with van der Waals surface area (Å²) < 4.78 is 0. The summed E-state index contributed by atoms with van der Waals surface area (Å²) in [5, 5.41) is 13.3. The lowest BCUT2D eigenvalue weighted by Crippen LogP contribution is -2.26. The van der Waals surface area contributed by atoms with Crippen LogP contribution in [-0.4, -0.2) is 36.2 Å². The zero-order chi connectivity index (χ0) is 14.4. The van der Waals surface area contributed by atoms with E-state index in [1.165, 1.54) is 6.20 Å². The number of hydrogen-bond donors (Lipinski definition) is 3. The molecule has 2 aromatic rings. The molecule has 1 aromatic heterocycles. The van der Waals surface area contributed by atoms with Crippen molar-refractivity contribution in [3.8, 4) is 11.3 Å². The predicted octanol–water partition coefficient (Wildman–Crippen LogP) is 2.07. The Hall–Kier alpha value is -1.85. The number of amides is 1. The van der Waals surface area contributed by atoms with Gasteiger partial charge in [-0.1, -0.05) is 29.8 Å². The molecule has 6 heteroatoms. The Balaban J connectivity index is 2.13.